The van der Waals surface area contributed by atoms with Crippen LogP contribution in [0.5, 0.6) is 0 Å². The van der Waals surface area contributed by atoms with Crippen molar-refractivity contribution < 1.29 is 0 Å². The SMILES string of the molecule is CC(C)c1cc(N2CCN(CCc3ccccc3)CC2)ncn1. The van der Waals surface area contributed by atoms with Gasteiger partial charge in [-0.3, -0.25) is 4.90 Å². The monoisotopic (exact) mass is 310 g/mol. The molecule has 1 aromatic carbocycles. The lowest BCUT2D eigenvalue weighted by Gasteiger charge is -2.35. The Hall–Kier alpha value is -1.94. The summed E-state index contributed by atoms with van der Waals surface area (Å²) < 4.78 is 0. The second-order valence-corrected chi connectivity index (χ2v) is 6.52. The van der Waals surface area contributed by atoms with Crippen LogP contribution < -0.4 is 4.90 Å². The summed E-state index contributed by atoms with van der Waals surface area (Å²) in [7, 11) is 0. The van der Waals surface area contributed by atoms with Crippen LogP contribution in [0.4, 0.5) is 5.82 Å². The molecule has 4 nitrogen and oxygen atoms in total. The summed E-state index contributed by atoms with van der Waals surface area (Å²) >= 11 is 0. The van der Waals surface area contributed by atoms with Gasteiger partial charge in [-0.2, -0.15) is 0 Å². The number of hydrogen-bond donors (Lipinski definition) is 0. The summed E-state index contributed by atoms with van der Waals surface area (Å²) in [6.45, 7) is 9.79. The molecule has 2 heterocycles. The molecule has 0 radical (unpaired) electrons. The van der Waals surface area contributed by atoms with Crippen LogP contribution in [0.1, 0.15) is 31.0 Å². The Labute approximate surface area is 139 Å². The lowest BCUT2D eigenvalue weighted by Crippen LogP contribution is -2.47. The van der Waals surface area contributed by atoms with Crippen LogP contribution in [0.25, 0.3) is 0 Å². The molecule has 1 aliphatic rings. The fourth-order valence-electron chi connectivity index (χ4n) is 2.98. The number of nitrogens with zero attached hydrogens (tertiary/aromatic N) is 4. The molecule has 0 spiro atoms. The minimum absolute atomic E-state index is 0.448. The van der Waals surface area contributed by atoms with Gasteiger partial charge >= 0.3 is 0 Å². The molecule has 1 aromatic heterocycles. The highest BCUT2D eigenvalue weighted by atomic mass is 15.3. The van der Waals surface area contributed by atoms with Gasteiger partial charge in [-0.25, -0.2) is 9.97 Å². The Balaban J connectivity index is 1.51. The van der Waals surface area contributed by atoms with E-state index >= 15 is 0 Å². The number of benzene rings is 1. The third-order valence-electron chi connectivity index (χ3n) is 4.52. The van der Waals surface area contributed by atoms with E-state index in [1.54, 1.807) is 6.33 Å². The number of hydrogen-bond acceptors (Lipinski definition) is 4. The molecule has 0 amide bonds. The highest BCUT2D eigenvalue weighted by molar-refractivity contribution is 5.40. The van der Waals surface area contributed by atoms with Gasteiger partial charge in [0.1, 0.15) is 12.1 Å². The van der Waals surface area contributed by atoms with Gasteiger partial charge < -0.3 is 4.90 Å². The van der Waals surface area contributed by atoms with E-state index in [0.717, 1.165) is 50.7 Å². The van der Waals surface area contributed by atoms with E-state index in [4.69, 9.17) is 0 Å². The summed E-state index contributed by atoms with van der Waals surface area (Å²) in [5, 5.41) is 0. The normalized spacial score (nSPS) is 16.0. The van der Waals surface area contributed by atoms with Crippen molar-refractivity contribution in [2.24, 2.45) is 0 Å². The van der Waals surface area contributed by atoms with E-state index in [1.807, 2.05) is 0 Å². The van der Waals surface area contributed by atoms with Crippen molar-refractivity contribution in [2.45, 2.75) is 26.2 Å². The topological polar surface area (TPSA) is 32.3 Å². The van der Waals surface area contributed by atoms with Crippen molar-refractivity contribution in [1.29, 1.82) is 0 Å². The number of anilines is 1. The second kappa shape index (κ2) is 7.55. The minimum atomic E-state index is 0.448. The molecule has 1 saturated heterocycles. The first-order valence-corrected chi connectivity index (χ1v) is 8.55. The van der Waals surface area contributed by atoms with Gasteiger partial charge in [0.05, 0.1) is 0 Å². The van der Waals surface area contributed by atoms with Crippen molar-refractivity contribution in [3.8, 4) is 0 Å². The minimum Gasteiger partial charge on any atom is -0.354 e. The maximum Gasteiger partial charge on any atom is 0.132 e. The third-order valence-corrected chi connectivity index (χ3v) is 4.52. The van der Waals surface area contributed by atoms with Crippen LogP contribution in [-0.2, 0) is 6.42 Å². The molecule has 0 unspecified atom stereocenters. The van der Waals surface area contributed by atoms with Crippen molar-refractivity contribution in [3.63, 3.8) is 0 Å². The second-order valence-electron chi connectivity index (χ2n) is 6.52. The third kappa shape index (κ3) is 4.29. The van der Waals surface area contributed by atoms with E-state index in [9.17, 15) is 0 Å². The summed E-state index contributed by atoms with van der Waals surface area (Å²) in [6.07, 6.45) is 2.83. The van der Waals surface area contributed by atoms with Gasteiger partial charge in [0, 0.05) is 44.5 Å². The van der Waals surface area contributed by atoms with Crippen LogP contribution in [0.3, 0.4) is 0 Å². The van der Waals surface area contributed by atoms with Gasteiger partial charge in [-0.15, -0.1) is 0 Å². The molecule has 1 aliphatic heterocycles. The van der Waals surface area contributed by atoms with Crippen molar-refractivity contribution in [1.82, 2.24) is 14.9 Å². The molecule has 0 atom stereocenters. The first kappa shape index (κ1) is 15.9. The van der Waals surface area contributed by atoms with Crippen molar-refractivity contribution in [2.75, 3.05) is 37.6 Å². The molecule has 3 rings (SSSR count). The Bertz CT molecular complexity index is 604. The number of rotatable bonds is 5. The molecule has 1 fully saturated rings. The molecule has 23 heavy (non-hydrogen) atoms. The Morgan fingerprint density at radius 3 is 2.43 bits per heavy atom. The molecular weight excluding hydrogens is 284 g/mol. The summed E-state index contributed by atoms with van der Waals surface area (Å²) in [5.74, 6) is 1.52. The van der Waals surface area contributed by atoms with Crippen LogP contribution in [-0.4, -0.2) is 47.6 Å². The predicted molar refractivity (Wildman–Crippen MR) is 94.9 cm³/mol. The Morgan fingerprint density at radius 2 is 1.74 bits per heavy atom. The molecule has 4 heteroatoms. The fraction of sp³-hybridized carbons (Fsp3) is 0.474. The van der Waals surface area contributed by atoms with Crippen LogP contribution in [0.2, 0.25) is 0 Å². The standard InChI is InChI=1S/C19H26N4/c1-16(2)18-14-19(21-15-20-18)23-12-10-22(11-13-23)9-8-17-6-4-3-5-7-17/h3-7,14-16H,8-13H2,1-2H3. The summed E-state index contributed by atoms with van der Waals surface area (Å²) in [6, 6.07) is 12.9. The largest absolute Gasteiger partial charge is 0.354 e. The molecular formula is C19H26N4. The smallest absolute Gasteiger partial charge is 0.132 e. The highest BCUT2D eigenvalue weighted by Crippen LogP contribution is 2.18. The van der Waals surface area contributed by atoms with Crippen molar-refractivity contribution >= 4 is 5.82 Å². The number of aromatic nitrogens is 2. The number of piperazine rings is 1. The first-order valence-electron chi connectivity index (χ1n) is 8.55. The Morgan fingerprint density at radius 1 is 1.00 bits per heavy atom. The lowest BCUT2D eigenvalue weighted by atomic mass is 10.1. The fourth-order valence-corrected chi connectivity index (χ4v) is 2.98. The zero-order valence-electron chi connectivity index (χ0n) is 14.2. The van der Waals surface area contributed by atoms with E-state index in [2.05, 4.69) is 70.0 Å². The molecule has 0 N–H and O–H groups in total. The zero-order chi connectivity index (χ0) is 16.1. The van der Waals surface area contributed by atoms with Gasteiger partial charge in [0.25, 0.3) is 0 Å². The van der Waals surface area contributed by atoms with E-state index in [1.165, 1.54) is 5.56 Å². The lowest BCUT2D eigenvalue weighted by molar-refractivity contribution is 0.260. The average Bonchev–Trinajstić information content (AvgIpc) is 2.61. The van der Waals surface area contributed by atoms with E-state index in [-0.39, 0.29) is 0 Å². The van der Waals surface area contributed by atoms with Gasteiger partial charge in [0.2, 0.25) is 0 Å². The van der Waals surface area contributed by atoms with Crippen LogP contribution in [0.15, 0.2) is 42.7 Å². The maximum absolute atomic E-state index is 4.46. The first-order chi connectivity index (χ1) is 11.2. The molecule has 122 valence electrons. The van der Waals surface area contributed by atoms with Crippen molar-refractivity contribution in [3.05, 3.63) is 54.0 Å². The van der Waals surface area contributed by atoms with E-state index < -0.39 is 0 Å². The van der Waals surface area contributed by atoms with Gasteiger partial charge in [-0.05, 0) is 17.9 Å². The molecule has 2 aromatic rings. The zero-order valence-corrected chi connectivity index (χ0v) is 14.2. The van der Waals surface area contributed by atoms with Crippen LogP contribution >= 0.6 is 0 Å². The van der Waals surface area contributed by atoms with E-state index in [0.29, 0.717) is 5.92 Å². The van der Waals surface area contributed by atoms with Crippen LogP contribution in [0, 0.1) is 0 Å². The predicted octanol–water partition coefficient (Wildman–Crippen LogP) is 2.96. The average molecular weight is 310 g/mol. The van der Waals surface area contributed by atoms with Gasteiger partial charge in [0.15, 0.2) is 0 Å². The molecule has 0 saturated carbocycles. The van der Waals surface area contributed by atoms with Gasteiger partial charge in [-0.1, -0.05) is 44.2 Å². The summed E-state index contributed by atoms with van der Waals surface area (Å²) in [4.78, 5) is 13.8. The quantitative estimate of drug-likeness (QED) is 0.850. The highest BCUT2D eigenvalue weighted by Gasteiger charge is 2.18. The molecule has 0 bridgehead atoms. The Kier molecular flexibility index (Phi) is 5.23. The molecule has 0 aliphatic carbocycles. The summed E-state index contributed by atoms with van der Waals surface area (Å²) in [5.41, 5.74) is 2.55. The maximum atomic E-state index is 4.46.